The number of nitrogens with one attached hydrogen (secondary N) is 1. The number of carbonyl (C=O) groups is 1. The topological polar surface area (TPSA) is 79.0 Å². The minimum absolute atomic E-state index is 0.0456. The molecule has 7 nitrogen and oxygen atoms in total. The summed E-state index contributed by atoms with van der Waals surface area (Å²) in [4.78, 5) is 15.5. The lowest BCUT2D eigenvalue weighted by atomic mass is 9.98. The summed E-state index contributed by atoms with van der Waals surface area (Å²) < 4.78 is 33.0. The highest BCUT2D eigenvalue weighted by Gasteiger charge is 2.30. The average molecular weight is 486 g/mol. The smallest absolute Gasteiger partial charge is 0.251 e. The summed E-state index contributed by atoms with van der Waals surface area (Å²) in [5, 5.41) is 2.98. The van der Waals surface area contributed by atoms with E-state index in [1.807, 2.05) is 18.2 Å². The van der Waals surface area contributed by atoms with E-state index in [4.69, 9.17) is 4.74 Å². The molecule has 0 saturated carbocycles. The predicted molar refractivity (Wildman–Crippen MR) is 132 cm³/mol. The lowest BCUT2D eigenvalue weighted by molar-refractivity contribution is 0.0950. The van der Waals surface area contributed by atoms with Gasteiger partial charge in [-0.15, -0.1) is 0 Å². The van der Waals surface area contributed by atoms with Crippen LogP contribution in [-0.2, 0) is 23.1 Å². The molecule has 2 aromatic carbocycles. The molecule has 4 rings (SSSR count). The van der Waals surface area contributed by atoms with Gasteiger partial charge in [-0.05, 0) is 74.0 Å². The van der Waals surface area contributed by atoms with E-state index >= 15 is 0 Å². The maximum atomic E-state index is 13.1. The SMILES string of the molecule is COc1ccc(C(=O)NCc2ccccc2CN2CCC(C)CC2)cc1S(=O)(=O)N1CCCC1. The van der Waals surface area contributed by atoms with Crippen LogP contribution in [0.2, 0.25) is 0 Å². The monoisotopic (exact) mass is 485 g/mol. The molecule has 2 fully saturated rings. The normalized spacial score (nSPS) is 18.2. The molecule has 0 aliphatic carbocycles. The van der Waals surface area contributed by atoms with Crippen molar-refractivity contribution in [3.8, 4) is 5.75 Å². The van der Waals surface area contributed by atoms with Gasteiger partial charge in [0.15, 0.2) is 0 Å². The van der Waals surface area contributed by atoms with E-state index < -0.39 is 10.0 Å². The first kappa shape index (κ1) is 24.7. The van der Waals surface area contributed by atoms with Crippen LogP contribution in [0.4, 0.5) is 0 Å². The molecule has 0 bridgehead atoms. The Bertz CT molecular complexity index is 1100. The molecule has 2 aliphatic heterocycles. The standard InChI is InChI=1S/C26H35N3O4S/c1-20-11-15-28(16-12-20)19-23-8-4-3-7-22(23)18-27-26(30)21-9-10-24(33-2)25(17-21)34(31,32)29-13-5-6-14-29/h3-4,7-10,17,20H,5-6,11-16,18-19H2,1-2H3,(H,27,30). The number of likely N-dealkylation sites (tertiary alicyclic amines) is 1. The second kappa shape index (κ2) is 10.9. The van der Waals surface area contributed by atoms with Crippen LogP contribution in [0.5, 0.6) is 5.75 Å². The van der Waals surface area contributed by atoms with E-state index in [0.717, 1.165) is 44.0 Å². The zero-order valence-corrected chi connectivity index (χ0v) is 20.9. The van der Waals surface area contributed by atoms with Gasteiger partial charge < -0.3 is 10.1 Å². The fourth-order valence-corrected chi connectivity index (χ4v) is 6.41. The van der Waals surface area contributed by atoms with Crippen molar-refractivity contribution in [2.75, 3.05) is 33.3 Å². The highest BCUT2D eigenvalue weighted by molar-refractivity contribution is 7.89. The van der Waals surface area contributed by atoms with Crippen LogP contribution < -0.4 is 10.1 Å². The minimum Gasteiger partial charge on any atom is -0.495 e. The summed E-state index contributed by atoms with van der Waals surface area (Å²) in [6, 6.07) is 12.8. The number of ether oxygens (including phenoxy) is 1. The van der Waals surface area contributed by atoms with Crippen LogP contribution in [0.25, 0.3) is 0 Å². The molecule has 1 N–H and O–H groups in total. The Morgan fingerprint density at radius 1 is 1.03 bits per heavy atom. The molecule has 0 unspecified atom stereocenters. The second-order valence-corrected chi connectivity index (χ2v) is 11.3. The highest BCUT2D eigenvalue weighted by atomic mass is 32.2. The number of nitrogens with zero attached hydrogens (tertiary/aromatic N) is 2. The van der Waals surface area contributed by atoms with Gasteiger partial charge in [0, 0.05) is 31.7 Å². The largest absolute Gasteiger partial charge is 0.495 e. The van der Waals surface area contributed by atoms with Crippen molar-refractivity contribution in [1.29, 1.82) is 0 Å². The number of carbonyl (C=O) groups excluding carboxylic acids is 1. The molecule has 2 heterocycles. The van der Waals surface area contributed by atoms with Gasteiger partial charge in [0.1, 0.15) is 10.6 Å². The molecule has 0 spiro atoms. The maximum absolute atomic E-state index is 13.1. The van der Waals surface area contributed by atoms with Crippen LogP contribution in [0, 0.1) is 5.92 Å². The average Bonchev–Trinajstić information content (AvgIpc) is 3.40. The quantitative estimate of drug-likeness (QED) is 0.618. The minimum atomic E-state index is -3.71. The Morgan fingerprint density at radius 3 is 2.38 bits per heavy atom. The van der Waals surface area contributed by atoms with Gasteiger partial charge in [-0.2, -0.15) is 4.31 Å². The Balaban J connectivity index is 1.47. The van der Waals surface area contributed by atoms with E-state index in [1.54, 1.807) is 12.1 Å². The lowest BCUT2D eigenvalue weighted by Crippen LogP contribution is -2.33. The summed E-state index contributed by atoms with van der Waals surface area (Å²) in [5.74, 6) is 0.737. The summed E-state index contributed by atoms with van der Waals surface area (Å²) in [5.41, 5.74) is 2.60. The molecule has 34 heavy (non-hydrogen) atoms. The van der Waals surface area contributed by atoms with Crippen LogP contribution in [0.3, 0.4) is 0 Å². The first-order valence-electron chi connectivity index (χ1n) is 12.1. The highest BCUT2D eigenvalue weighted by Crippen LogP contribution is 2.30. The number of rotatable bonds is 8. The van der Waals surface area contributed by atoms with E-state index in [9.17, 15) is 13.2 Å². The Morgan fingerprint density at radius 2 is 1.71 bits per heavy atom. The molecule has 184 valence electrons. The first-order valence-corrected chi connectivity index (χ1v) is 13.6. The Labute approximate surface area is 203 Å². The third-order valence-electron chi connectivity index (χ3n) is 6.94. The van der Waals surface area contributed by atoms with Gasteiger partial charge in [0.25, 0.3) is 5.91 Å². The van der Waals surface area contributed by atoms with Crippen LogP contribution in [0.15, 0.2) is 47.4 Å². The van der Waals surface area contributed by atoms with Gasteiger partial charge in [-0.25, -0.2) is 8.42 Å². The molecular formula is C26H35N3O4S. The van der Waals surface area contributed by atoms with E-state index in [1.165, 1.54) is 35.9 Å². The number of hydrogen-bond donors (Lipinski definition) is 1. The lowest BCUT2D eigenvalue weighted by Gasteiger charge is -2.30. The number of piperidine rings is 1. The van der Waals surface area contributed by atoms with Crippen LogP contribution in [0.1, 0.15) is 54.1 Å². The van der Waals surface area contributed by atoms with Crippen molar-refractivity contribution < 1.29 is 17.9 Å². The summed E-state index contributed by atoms with van der Waals surface area (Å²) >= 11 is 0. The summed E-state index contributed by atoms with van der Waals surface area (Å²) in [7, 11) is -2.27. The Kier molecular flexibility index (Phi) is 7.91. The Hall–Kier alpha value is -2.42. The number of hydrogen-bond acceptors (Lipinski definition) is 5. The fourth-order valence-electron chi connectivity index (χ4n) is 4.71. The molecule has 8 heteroatoms. The molecule has 0 atom stereocenters. The number of sulfonamides is 1. The van der Waals surface area contributed by atoms with Crippen molar-refractivity contribution in [2.24, 2.45) is 5.92 Å². The molecular weight excluding hydrogens is 450 g/mol. The predicted octanol–water partition coefficient (Wildman–Crippen LogP) is 3.64. The van der Waals surface area contributed by atoms with Gasteiger partial charge in [-0.3, -0.25) is 9.69 Å². The van der Waals surface area contributed by atoms with Gasteiger partial charge in [-0.1, -0.05) is 31.2 Å². The number of benzene rings is 2. The molecule has 2 aliphatic rings. The molecule has 1 amide bonds. The second-order valence-electron chi connectivity index (χ2n) is 9.39. The van der Waals surface area contributed by atoms with Gasteiger partial charge >= 0.3 is 0 Å². The van der Waals surface area contributed by atoms with E-state index in [2.05, 4.69) is 23.2 Å². The third-order valence-corrected chi connectivity index (χ3v) is 8.86. The molecule has 0 radical (unpaired) electrons. The fraction of sp³-hybridized carbons (Fsp3) is 0.500. The van der Waals surface area contributed by atoms with Gasteiger partial charge in [0.05, 0.1) is 7.11 Å². The van der Waals surface area contributed by atoms with Crippen molar-refractivity contribution in [3.05, 3.63) is 59.2 Å². The van der Waals surface area contributed by atoms with Crippen molar-refractivity contribution >= 4 is 15.9 Å². The van der Waals surface area contributed by atoms with Crippen molar-refractivity contribution in [3.63, 3.8) is 0 Å². The van der Waals surface area contributed by atoms with E-state index in [-0.39, 0.29) is 16.6 Å². The van der Waals surface area contributed by atoms with Crippen LogP contribution in [-0.4, -0.2) is 56.8 Å². The van der Waals surface area contributed by atoms with E-state index in [0.29, 0.717) is 25.2 Å². The van der Waals surface area contributed by atoms with Crippen molar-refractivity contribution in [1.82, 2.24) is 14.5 Å². The summed E-state index contributed by atoms with van der Waals surface area (Å²) in [6.45, 7) is 6.76. The first-order chi connectivity index (χ1) is 16.4. The zero-order valence-electron chi connectivity index (χ0n) is 20.1. The van der Waals surface area contributed by atoms with Crippen LogP contribution >= 0.6 is 0 Å². The molecule has 0 aromatic heterocycles. The summed E-state index contributed by atoms with van der Waals surface area (Å²) in [6.07, 6.45) is 4.13. The van der Waals surface area contributed by atoms with Gasteiger partial charge in [0.2, 0.25) is 10.0 Å². The number of methoxy groups -OCH3 is 1. The molecule has 2 aromatic rings. The van der Waals surface area contributed by atoms with Crippen molar-refractivity contribution in [2.45, 2.75) is 50.6 Å². The number of amides is 1. The zero-order chi connectivity index (χ0) is 24.1. The maximum Gasteiger partial charge on any atom is 0.251 e. The third kappa shape index (κ3) is 5.62. The molecule has 2 saturated heterocycles.